The largest absolute Gasteiger partial charge is 0.427 e. The monoisotopic (exact) mass is 807 g/mol. The molecule has 2 unspecified atom stereocenters. The van der Waals surface area contributed by atoms with Crippen LogP contribution in [-0.2, 0) is 18.5 Å². The van der Waals surface area contributed by atoms with Gasteiger partial charge in [0.05, 0.1) is 25.4 Å². The molecule has 56 heavy (non-hydrogen) atoms. The smallest absolute Gasteiger partial charge is 0.397 e. The van der Waals surface area contributed by atoms with Gasteiger partial charge < -0.3 is 23.0 Å². The van der Waals surface area contributed by atoms with E-state index >= 15 is 0 Å². The molecular weight excluding hydrogens is 712 g/mol. The van der Waals surface area contributed by atoms with Crippen LogP contribution in [0.15, 0.2) is 30.3 Å². The molecule has 0 heterocycles. The molecule has 330 valence electrons. The van der Waals surface area contributed by atoms with Gasteiger partial charge in [-0.2, -0.15) is 0 Å². The molecule has 1 aromatic rings. The summed E-state index contributed by atoms with van der Waals surface area (Å²) in [7, 11) is -1.38. The van der Waals surface area contributed by atoms with E-state index in [1.807, 2.05) is 30.3 Å². The number of ether oxygens (including phenoxy) is 2. The van der Waals surface area contributed by atoms with E-state index in [1.165, 1.54) is 205 Å². The van der Waals surface area contributed by atoms with Crippen molar-refractivity contribution in [1.82, 2.24) is 0 Å². The van der Waals surface area contributed by atoms with Crippen LogP contribution in [0.1, 0.15) is 246 Å². The lowest BCUT2D eigenvalue weighted by atomic mass is 10.0. The standard InChI is InChI=1S/C50H95O5P/c1-5-9-11-13-15-17-19-25-34-44-51-48(38-7-3)40-30-23-21-27-36-46-53-56(55-50-42-32-29-33-43-50)54-47-37-28-22-24-31-41-49(39-8-4)52-45-35-26-20-18-16-14-12-10-6-2/h29,32-33,42-43,48-49H,5-28,30-31,34-41,44-47H2,1-4H3. The summed E-state index contributed by atoms with van der Waals surface area (Å²) >= 11 is 0. The minimum atomic E-state index is -1.38. The van der Waals surface area contributed by atoms with Gasteiger partial charge in [-0.15, -0.1) is 0 Å². The van der Waals surface area contributed by atoms with Gasteiger partial charge >= 0.3 is 8.60 Å². The van der Waals surface area contributed by atoms with Crippen LogP contribution in [0.3, 0.4) is 0 Å². The molecule has 0 saturated heterocycles. The number of hydrogen-bond acceptors (Lipinski definition) is 5. The van der Waals surface area contributed by atoms with E-state index in [2.05, 4.69) is 27.7 Å². The van der Waals surface area contributed by atoms with Crippen molar-refractivity contribution in [2.75, 3.05) is 26.4 Å². The Bertz CT molecular complexity index is 822. The Labute approximate surface area is 351 Å². The Hall–Kier alpha value is -0.710. The summed E-state index contributed by atoms with van der Waals surface area (Å²) in [5.41, 5.74) is 0. The molecule has 1 aromatic carbocycles. The Morgan fingerprint density at radius 3 is 1.07 bits per heavy atom. The number of hydrogen-bond donors (Lipinski definition) is 0. The highest BCUT2D eigenvalue weighted by Crippen LogP contribution is 2.41. The van der Waals surface area contributed by atoms with Gasteiger partial charge in [0.2, 0.25) is 0 Å². The van der Waals surface area contributed by atoms with E-state index in [-0.39, 0.29) is 0 Å². The number of para-hydroxylation sites is 1. The lowest BCUT2D eigenvalue weighted by Gasteiger charge is -2.18. The molecule has 0 aliphatic carbocycles. The molecule has 0 spiro atoms. The molecule has 0 aliphatic heterocycles. The average molecular weight is 807 g/mol. The van der Waals surface area contributed by atoms with Gasteiger partial charge in [0.25, 0.3) is 0 Å². The topological polar surface area (TPSA) is 46.2 Å². The zero-order chi connectivity index (χ0) is 40.3. The van der Waals surface area contributed by atoms with E-state index in [9.17, 15) is 0 Å². The molecular formula is C50H95O5P. The summed E-state index contributed by atoms with van der Waals surface area (Å²) in [5, 5.41) is 0. The molecule has 0 aliphatic rings. The molecule has 6 heteroatoms. The Balaban J connectivity index is 2.14. The molecule has 0 saturated carbocycles. The average Bonchev–Trinajstić information content (AvgIpc) is 3.21. The first-order valence-electron chi connectivity index (χ1n) is 24.8. The first kappa shape index (κ1) is 53.3. The van der Waals surface area contributed by atoms with Crippen molar-refractivity contribution in [3.8, 4) is 5.75 Å². The van der Waals surface area contributed by atoms with Crippen LogP contribution in [0, 0.1) is 0 Å². The SMILES string of the molecule is CCCCCCCCCCCOC(CCC)CCCCCCCOP(OCCCCCCCC(CCC)OCCCCCCCCCCC)Oc1ccccc1. The minimum Gasteiger partial charge on any atom is -0.427 e. The molecule has 0 N–H and O–H groups in total. The minimum absolute atomic E-state index is 0.449. The predicted octanol–water partition coefficient (Wildman–Crippen LogP) is 17.4. The van der Waals surface area contributed by atoms with Gasteiger partial charge in [0.1, 0.15) is 5.75 Å². The normalized spacial score (nSPS) is 13.3. The second-order valence-corrected chi connectivity index (χ2v) is 17.8. The van der Waals surface area contributed by atoms with Gasteiger partial charge in [0.15, 0.2) is 0 Å². The highest BCUT2D eigenvalue weighted by atomic mass is 31.2. The predicted molar refractivity (Wildman–Crippen MR) is 245 cm³/mol. The maximum Gasteiger partial charge on any atom is 0.397 e. The van der Waals surface area contributed by atoms with Gasteiger partial charge in [0, 0.05) is 13.2 Å². The third-order valence-corrected chi connectivity index (χ3v) is 12.2. The van der Waals surface area contributed by atoms with E-state index in [0.29, 0.717) is 25.4 Å². The highest BCUT2D eigenvalue weighted by Gasteiger charge is 2.15. The second kappa shape index (κ2) is 43.9. The Morgan fingerprint density at radius 1 is 0.357 bits per heavy atom. The summed E-state index contributed by atoms with van der Waals surface area (Å²) in [6, 6.07) is 9.99. The van der Waals surface area contributed by atoms with E-state index < -0.39 is 8.60 Å². The maximum atomic E-state index is 6.33. The Morgan fingerprint density at radius 2 is 0.696 bits per heavy atom. The molecule has 0 amide bonds. The van der Waals surface area contributed by atoms with Crippen LogP contribution < -0.4 is 4.52 Å². The van der Waals surface area contributed by atoms with Gasteiger partial charge in [-0.05, 0) is 63.5 Å². The number of benzene rings is 1. The van der Waals surface area contributed by atoms with Crippen LogP contribution in [-0.4, -0.2) is 38.6 Å². The second-order valence-electron chi connectivity index (χ2n) is 16.6. The number of rotatable bonds is 46. The fourth-order valence-electron chi connectivity index (χ4n) is 7.54. The van der Waals surface area contributed by atoms with Crippen molar-refractivity contribution < 1.29 is 23.0 Å². The van der Waals surface area contributed by atoms with Crippen molar-refractivity contribution in [3.63, 3.8) is 0 Å². The van der Waals surface area contributed by atoms with E-state index in [0.717, 1.165) is 31.8 Å². The third-order valence-electron chi connectivity index (χ3n) is 11.1. The van der Waals surface area contributed by atoms with Crippen molar-refractivity contribution >= 4 is 8.60 Å². The molecule has 0 radical (unpaired) electrons. The van der Waals surface area contributed by atoms with E-state index in [4.69, 9.17) is 23.0 Å². The van der Waals surface area contributed by atoms with Crippen LogP contribution in [0.4, 0.5) is 0 Å². The van der Waals surface area contributed by atoms with Gasteiger partial charge in [-0.3, -0.25) is 0 Å². The fourth-order valence-corrected chi connectivity index (χ4v) is 8.57. The van der Waals surface area contributed by atoms with Crippen LogP contribution >= 0.6 is 8.60 Å². The van der Waals surface area contributed by atoms with Gasteiger partial charge in [-0.25, -0.2) is 0 Å². The van der Waals surface area contributed by atoms with Crippen LogP contribution in [0.2, 0.25) is 0 Å². The zero-order valence-electron chi connectivity index (χ0n) is 37.9. The van der Waals surface area contributed by atoms with E-state index in [1.54, 1.807) is 0 Å². The lowest BCUT2D eigenvalue weighted by molar-refractivity contribution is 0.0368. The highest BCUT2D eigenvalue weighted by molar-refractivity contribution is 7.42. The lowest BCUT2D eigenvalue weighted by Crippen LogP contribution is -2.13. The van der Waals surface area contributed by atoms with Crippen molar-refractivity contribution in [2.24, 2.45) is 0 Å². The van der Waals surface area contributed by atoms with Crippen molar-refractivity contribution in [3.05, 3.63) is 30.3 Å². The summed E-state index contributed by atoms with van der Waals surface area (Å²) in [6.07, 6.45) is 44.9. The molecule has 1 rings (SSSR count). The summed E-state index contributed by atoms with van der Waals surface area (Å²) in [4.78, 5) is 0. The summed E-state index contributed by atoms with van der Waals surface area (Å²) in [6.45, 7) is 12.4. The molecule has 5 nitrogen and oxygen atoms in total. The summed E-state index contributed by atoms with van der Waals surface area (Å²) < 4.78 is 31.2. The maximum absolute atomic E-state index is 6.33. The molecule has 0 bridgehead atoms. The van der Waals surface area contributed by atoms with Crippen LogP contribution in [0.5, 0.6) is 5.75 Å². The molecule has 0 aromatic heterocycles. The first-order chi connectivity index (χ1) is 27.7. The number of unbranched alkanes of at least 4 members (excludes halogenated alkanes) is 24. The van der Waals surface area contributed by atoms with Gasteiger partial charge in [-0.1, -0.05) is 213 Å². The fraction of sp³-hybridized carbons (Fsp3) is 0.880. The molecule has 2 atom stereocenters. The third kappa shape index (κ3) is 36.4. The quantitative estimate of drug-likeness (QED) is 0.0485. The summed E-state index contributed by atoms with van der Waals surface area (Å²) in [5.74, 6) is 0.821. The van der Waals surface area contributed by atoms with Crippen molar-refractivity contribution in [2.45, 2.75) is 258 Å². The molecule has 0 fully saturated rings. The Kier molecular flexibility index (Phi) is 41.7. The van der Waals surface area contributed by atoms with Crippen molar-refractivity contribution in [1.29, 1.82) is 0 Å². The first-order valence-corrected chi connectivity index (χ1v) is 25.8. The zero-order valence-corrected chi connectivity index (χ0v) is 38.8. The van der Waals surface area contributed by atoms with Crippen LogP contribution in [0.25, 0.3) is 0 Å².